The minimum Gasteiger partial charge on any atom is -0.294 e. The van der Waals surface area contributed by atoms with E-state index < -0.39 is 0 Å². The fraction of sp³-hybridized carbons (Fsp3) is 0.500. The van der Waals surface area contributed by atoms with Gasteiger partial charge in [-0.25, -0.2) is 10.0 Å². The standard InChI is InChI=1S/C20H26N2O2S/c1-20(2)11-16-19(17(23)12-20)15(10-18(24)22(16)21(3)4)13-6-8-14(25-5)9-7-13/h6-9,15H,10-12H2,1-5H3/t15-/m0/s1. The highest BCUT2D eigenvalue weighted by Gasteiger charge is 2.44. The van der Waals surface area contributed by atoms with Gasteiger partial charge in [-0.1, -0.05) is 26.0 Å². The van der Waals surface area contributed by atoms with Crippen LogP contribution in [0.5, 0.6) is 0 Å². The Kier molecular flexibility index (Phi) is 4.82. The Hall–Kier alpha value is -1.59. The predicted octanol–water partition coefficient (Wildman–Crippen LogP) is 3.84. The maximum atomic E-state index is 13.0. The number of thioether (sulfide) groups is 1. The summed E-state index contributed by atoms with van der Waals surface area (Å²) in [7, 11) is 3.73. The summed E-state index contributed by atoms with van der Waals surface area (Å²) in [6, 6.07) is 8.26. The first kappa shape index (κ1) is 18.2. The van der Waals surface area contributed by atoms with Crippen LogP contribution in [0.4, 0.5) is 0 Å². The van der Waals surface area contributed by atoms with Gasteiger partial charge in [-0.15, -0.1) is 11.8 Å². The van der Waals surface area contributed by atoms with E-state index in [1.54, 1.807) is 21.8 Å². The van der Waals surface area contributed by atoms with Gasteiger partial charge in [-0.05, 0) is 35.8 Å². The molecule has 1 amide bonds. The number of carbonyl (C=O) groups excluding carboxylic acids is 2. The maximum absolute atomic E-state index is 13.0. The largest absolute Gasteiger partial charge is 0.294 e. The SMILES string of the molecule is CSc1ccc([C@@H]2CC(=O)N(N(C)C)C3=C2C(=O)CC(C)(C)C3)cc1. The first-order valence-electron chi connectivity index (χ1n) is 8.64. The van der Waals surface area contributed by atoms with Crippen molar-refractivity contribution in [3.63, 3.8) is 0 Å². The van der Waals surface area contributed by atoms with E-state index in [1.807, 2.05) is 20.4 Å². The van der Waals surface area contributed by atoms with Gasteiger partial charge < -0.3 is 0 Å². The number of hydrazine groups is 1. The van der Waals surface area contributed by atoms with Crippen molar-refractivity contribution < 1.29 is 9.59 Å². The molecule has 0 unspecified atom stereocenters. The molecule has 0 aromatic heterocycles. The van der Waals surface area contributed by atoms with E-state index in [2.05, 4.69) is 38.1 Å². The predicted molar refractivity (Wildman–Crippen MR) is 101 cm³/mol. The Morgan fingerprint density at radius 1 is 1.12 bits per heavy atom. The second kappa shape index (κ2) is 6.61. The van der Waals surface area contributed by atoms with Crippen LogP contribution in [-0.4, -0.2) is 42.1 Å². The second-order valence-corrected chi connectivity index (χ2v) is 8.76. The molecule has 1 aromatic carbocycles. The smallest absolute Gasteiger partial charge is 0.242 e. The molecule has 1 heterocycles. The fourth-order valence-corrected chi connectivity index (χ4v) is 4.39. The molecule has 0 radical (unpaired) electrons. The third-order valence-electron chi connectivity index (χ3n) is 5.03. The molecule has 0 saturated carbocycles. The Morgan fingerprint density at radius 3 is 2.32 bits per heavy atom. The van der Waals surface area contributed by atoms with Crippen molar-refractivity contribution in [2.75, 3.05) is 20.4 Å². The van der Waals surface area contributed by atoms with Gasteiger partial charge in [-0.3, -0.25) is 9.59 Å². The van der Waals surface area contributed by atoms with Crippen molar-refractivity contribution in [1.29, 1.82) is 0 Å². The van der Waals surface area contributed by atoms with Crippen molar-refractivity contribution in [1.82, 2.24) is 10.0 Å². The zero-order chi connectivity index (χ0) is 18.4. The lowest BCUT2D eigenvalue weighted by atomic mass is 9.69. The van der Waals surface area contributed by atoms with Crippen LogP contribution in [0.1, 0.15) is 44.6 Å². The molecule has 0 fully saturated rings. The highest BCUT2D eigenvalue weighted by molar-refractivity contribution is 7.98. The molecule has 0 spiro atoms. The van der Waals surface area contributed by atoms with Gasteiger partial charge in [0, 0.05) is 49.0 Å². The average molecular weight is 359 g/mol. The van der Waals surface area contributed by atoms with E-state index in [9.17, 15) is 9.59 Å². The van der Waals surface area contributed by atoms with Crippen LogP contribution in [0.2, 0.25) is 0 Å². The molecule has 4 nitrogen and oxygen atoms in total. The molecule has 5 heteroatoms. The summed E-state index contributed by atoms with van der Waals surface area (Å²) < 4.78 is 0. The van der Waals surface area contributed by atoms with Crippen molar-refractivity contribution in [2.45, 2.75) is 43.9 Å². The van der Waals surface area contributed by atoms with E-state index in [1.165, 1.54) is 4.90 Å². The number of nitrogens with zero attached hydrogens (tertiary/aromatic N) is 2. The van der Waals surface area contributed by atoms with Gasteiger partial charge in [-0.2, -0.15) is 0 Å². The highest BCUT2D eigenvalue weighted by atomic mass is 32.2. The van der Waals surface area contributed by atoms with Crippen LogP contribution >= 0.6 is 11.8 Å². The summed E-state index contributed by atoms with van der Waals surface area (Å²) in [5, 5.41) is 3.51. The molecule has 3 rings (SSSR count). The van der Waals surface area contributed by atoms with Gasteiger partial charge in [0.1, 0.15) is 0 Å². The Morgan fingerprint density at radius 2 is 1.76 bits per heavy atom. The van der Waals surface area contributed by atoms with Crippen molar-refractivity contribution in [3.05, 3.63) is 41.1 Å². The first-order valence-corrected chi connectivity index (χ1v) is 9.86. The molecule has 1 aliphatic heterocycles. The molecular weight excluding hydrogens is 332 g/mol. The second-order valence-electron chi connectivity index (χ2n) is 7.88. The van der Waals surface area contributed by atoms with Crippen LogP contribution in [0.25, 0.3) is 0 Å². The molecule has 25 heavy (non-hydrogen) atoms. The quantitative estimate of drug-likeness (QED) is 0.770. The zero-order valence-corrected chi connectivity index (χ0v) is 16.4. The van der Waals surface area contributed by atoms with E-state index in [4.69, 9.17) is 0 Å². The lowest BCUT2D eigenvalue weighted by molar-refractivity contribution is -0.143. The Balaban J connectivity index is 2.11. The van der Waals surface area contributed by atoms with Crippen LogP contribution < -0.4 is 0 Å². The zero-order valence-electron chi connectivity index (χ0n) is 15.6. The summed E-state index contributed by atoms with van der Waals surface area (Å²) in [5.74, 6) is 0.121. The number of benzene rings is 1. The minimum absolute atomic E-state index is 0.0631. The van der Waals surface area contributed by atoms with E-state index in [0.717, 1.165) is 23.3 Å². The van der Waals surface area contributed by atoms with Crippen molar-refractivity contribution in [2.24, 2.45) is 5.41 Å². The summed E-state index contributed by atoms with van der Waals surface area (Å²) in [6.45, 7) is 4.20. The van der Waals surface area contributed by atoms with Gasteiger partial charge in [0.2, 0.25) is 5.91 Å². The molecule has 2 aliphatic rings. The average Bonchev–Trinajstić information content (AvgIpc) is 2.52. The number of amides is 1. The van der Waals surface area contributed by atoms with Gasteiger partial charge in [0.15, 0.2) is 5.78 Å². The lowest BCUT2D eigenvalue weighted by Gasteiger charge is -2.44. The first-order chi connectivity index (χ1) is 11.7. The minimum atomic E-state index is -0.127. The van der Waals surface area contributed by atoms with E-state index in [-0.39, 0.29) is 23.0 Å². The number of carbonyl (C=O) groups is 2. The monoisotopic (exact) mass is 358 g/mol. The number of hydrogen-bond acceptors (Lipinski definition) is 4. The van der Waals surface area contributed by atoms with Crippen molar-refractivity contribution >= 4 is 23.5 Å². The highest BCUT2D eigenvalue weighted by Crippen LogP contribution is 2.47. The van der Waals surface area contributed by atoms with Crippen LogP contribution in [0.15, 0.2) is 40.4 Å². The topological polar surface area (TPSA) is 40.6 Å². The fourth-order valence-electron chi connectivity index (χ4n) is 3.99. The lowest BCUT2D eigenvalue weighted by Crippen LogP contribution is -2.49. The molecule has 1 aromatic rings. The molecule has 0 bridgehead atoms. The molecule has 1 aliphatic carbocycles. The van der Waals surface area contributed by atoms with Gasteiger partial charge >= 0.3 is 0 Å². The molecule has 1 atom stereocenters. The summed E-state index contributed by atoms with van der Waals surface area (Å²) in [6.07, 6.45) is 3.68. The molecular formula is C20H26N2O2S. The summed E-state index contributed by atoms with van der Waals surface area (Å²) >= 11 is 1.69. The number of ketones is 1. The van der Waals surface area contributed by atoms with E-state index >= 15 is 0 Å². The number of hydrogen-bond donors (Lipinski definition) is 0. The Labute approximate surface area is 154 Å². The molecule has 0 saturated heterocycles. The van der Waals surface area contributed by atoms with Crippen LogP contribution in [0, 0.1) is 5.41 Å². The summed E-state index contributed by atoms with van der Waals surface area (Å²) in [5.41, 5.74) is 2.67. The van der Waals surface area contributed by atoms with Crippen LogP contribution in [-0.2, 0) is 9.59 Å². The third-order valence-corrected chi connectivity index (χ3v) is 5.78. The normalized spacial score (nSPS) is 23.3. The third kappa shape index (κ3) is 3.40. The molecule has 134 valence electrons. The molecule has 0 N–H and O–H groups in total. The number of Topliss-reactive ketones (excluding diaryl/α,β-unsaturated/α-hetero) is 1. The van der Waals surface area contributed by atoms with Crippen LogP contribution in [0.3, 0.4) is 0 Å². The van der Waals surface area contributed by atoms with Crippen molar-refractivity contribution in [3.8, 4) is 0 Å². The number of allylic oxidation sites excluding steroid dienone is 2. The van der Waals surface area contributed by atoms with Gasteiger partial charge in [0.25, 0.3) is 0 Å². The van der Waals surface area contributed by atoms with E-state index in [0.29, 0.717) is 12.8 Å². The summed E-state index contributed by atoms with van der Waals surface area (Å²) in [4.78, 5) is 27.0. The number of rotatable bonds is 3. The Bertz CT molecular complexity index is 735. The maximum Gasteiger partial charge on any atom is 0.242 e. The van der Waals surface area contributed by atoms with Gasteiger partial charge in [0.05, 0.1) is 0 Å².